The molecule has 3 amide bonds. The molecule has 1 aromatic carbocycles. The van der Waals surface area contributed by atoms with Gasteiger partial charge < -0.3 is 14.7 Å². The van der Waals surface area contributed by atoms with E-state index in [4.69, 9.17) is 0 Å². The van der Waals surface area contributed by atoms with Gasteiger partial charge in [-0.05, 0) is 69.2 Å². The lowest BCUT2D eigenvalue weighted by atomic mass is 9.96. The Morgan fingerprint density at radius 3 is 1.94 bits per heavy atom. The smallest absolute Gasteiger partial charge is 0.320 e. The van der Waals surface area contributed by atoms with Gasteiger partial charge in [0.25, 0.3) is 0 Å². The highest BCUT2D eigenvalue weighted by atomic mass is 32.2. The van der Waals surface area contributed by atoms with Crippen molar-refractivity contribution in [3.05, 3.63) is 29.3 Å². The van der Waals surface area contributed by atoms with Crippen LogP contribution in [0, 0.1) is 19.8 Å². The standard InChI is InChI=1S/C24H36N4O4S/c1-19-6-7-22(18-20(19)2)33(31,32)28-12-8-21(9-13-28)23(29)25-14-16-27(17-15-25)24(30)26-10-4-3-5-11-26/h6-7,18,21H,3-5,8-17H2,1-2H3. The Hall–Kier alpha value is -2.13. The second-order valence-corrected chi connectivity index (χ2v) is 11.5. The van der Waals surface area contributed by atoms with Crippen LogP contribution >= 0.6 is 0 Å². The number of hydrogen-bond donors (Lipinski definition) is 0. The van der Waals surface area contributed by atoms with E-state index in [2.05, 4.69) is 0 Å². The van der Waals surface area contributed by atoms with Gasteiger partial charge >= 0.3 is 6.03 Å². The van der Waals surface area contributed by atoms with Crippen molar-refractivity contribution >= 4 is 22.0 Å². The first-order valence-electron chi connectivity index (χ1n) is 12.2. The number of hydrogen-bond acceptors (Lipinski definition) is 4. The van der Waals surface area contributed by atoms with E-state index in [1.807, 2.05) is 34.6 Å². The van der Waals surface area contributed by atoms with Crippen molar-refractivity contribution in [3.63, 3.8) is 0 Å². The molecule has 3 heterocycles. The Morgan fingerprint density at radius 1 is 0.758 bits per heavy atom. The summed E-state index contributed by atoms with van der Waals surface area (Å²) >= 11 is 0. The third-order valence-corrected chi connectivity index (χ3v) is 9.30. The summed E-state index contributed by atoms with van der Waals surface area (Å²) in [5.74, 6) is -0.0520. The minimum absolute atomic E-state index is 0.100. The zero-order valence-corrected chi connectivity index (χ0v) is 20.6. The van der Waals surface area contributed by atoms with Crippen molar-refractivity contribution in [2.75, 3.05) is 52.4 Å². The lowest BCUT2D eigenvalue weighted by Gasteiger charge is -2.40. The van der Waals surface area contributed by atoms with Crippen LogP contribution in [0.5, 0.6) is 0 Å². The van der Waals surface area contributed by atoms with Crippen molar-refractivity contribution < 1.29 is 18.0 Å². The molecule has 0 saturated carbocycles. The number of amides is 3. The van der Waals surface area contributed by atoms with E-state index in [-0.39, 0.29) is 17.9 Å². The third kappa shape index (κ3) is 5.19. The lowest BCUT2D eigenvalue weighted by Crippen LogP contribution is -2.56. The number of carbonyl (C=O) groups excluding carboxylic acids is 2. The minimum Gasteiger partial charge on any atom is -0.339 e. The molecule has 0 unspecified atom stereocenters. The summed E-state index contributed by atoms with van der Waals surface area (Å²) in [4.78, 5) is 31.8. The summed E-state index contributed by atoms with van der Waals surface area (Å²) in [6.07, 6.45) is 4.41. The van der Waals surface area contributed by atoms with Crippen LogP contribution in [0.15, 0.2) is 23.1 Å². The van der Waals surface area contributed by atoms with Gasteiger partial charge in [0.1, 0.15) is 0 Å². The topological polar surface area (TPSA) is 81.2 Å². The molecule has 0 aromatic heterocycles. The molecule has 1 aromatic rings. The maximum atomic E-state index is 13.1. The summed E-state index contributed by atoms with van der Waals surface area (Å²) in [5, 5.41) is 0. The lowest BCUT2D eigenvalue weighted by molar-refractivity contribution is -0.138. The summed E-state index contributed by atoms with van der Waals surface area (Å²) < 4.78 is 27.6. The predicted molar refractivity (Wildman–Crippen MR) is 126 cm³/mol. The molecule has 0 radical (unpaired) electrons. The first-order valence-corrected chi connectivity index (χ1v) is 13.6. The van der Waals surface area contributed by atoms with Gasteiger partial charge in [0, 0.05) is 58.3 Å². The molecule has 0 spiro atoms. The quantitative estimate of drug-likeness (QED) is 0.671. The fourth-order valence-corrected chi connectivity index (χ4v) is 6.58. The molecule has 3 saturated heterocycles. The van der Waals surface area contributed by atoms with E-state index in [1.54, 1.807) is 12.1 Å². The SMILES string of the molecule is Cc1ccc(S(=O)(=O)N2CCC(C(=O)N3CCN(C(=O)N4CCCCC4)CC3)CC2)cc1C. The summed E-state index contributed by atoms with van der Waals surface area (Å²) in [6.45, 7) is 8.52. The van der Waals surface area contributed by atoms with Gasteiger partial charge in [-0.25, -0.2) is 13.2 Å². The molecule has 9 heteroatoms. The third-order valence-electron chi connectivity index (χ3n) is 7.41. The Balaban J connectivity index is 1.28. The average molecular weight is 477 g/mol. The normalized spacial score (nSPS) is 21.3. The first-order chi connectivity index (χ1) is 15.8. The predicted octanol–water partition coefficient (Wildman–Crippen LogP) is 2.45. The number of aryl methyl sites for hydroxylation is 2. The molecular weight excluding hydrogens is 440 g/mol. The number of carbonyl (C=O) groups is 2. The minimum atomic E-state index is -3.54. The molecule has 182 valence electrons. The maximum Gasteiger partial charge on any atom is 0.320 e. The number of benzene rings is 1. The van der Waals surface area contributed by atoms with Crippen molar-refractivity contribution in [3.8, 4) is 0 Å². The van der Waals surface area contributed by atoms with Crippen molar-refractivity contribution in [1.82, 2.24) is 19.0 Å². The molecular formula is C24H36N4O4S. The number of piperazine rings is 1. The molecule has 0 bridgehead atoms. The van der Waals surface area contributed by atoms with E-state index < -0.39 is 10.0 Å². The second kappa shape index (κ2) is 10.0. The summed E-state index contributed by atoms with van der Waals surface area (Å²) in [5.41, 5.74) is 2.02. The van der Waals surface area contributed by atoms with Crippen LogP contribution in [0.4, 0.5) is 4.79 Å². The first kappa shape index (κ1) is 24.0. The number of nitrogens with zero attached hydrogens (tertiary/aromatic N) is 4. The number of rotatable bonds is 3. The van der Waals surface area contributed by atoms with E-state index >= 15 is 0 Å². The Bertz CT molecular complexity index is 974. The van der Waals surface area contributed by atoms with E-state index in [9.17, 15) is 18.0 Å². The fourth-order valence-electron chi connectivity index (χ4n) is 5.03. The molecule has 4 rings (SSSR count). The van der Waals surface area contributed by atoms with Crippen LogP contribution in [0.1, 0.15) is 43.2 Å². The highest BCUT2D eigenvalue weighted by molar-refractivity contribution is 7.89. The molecule has 0 atom stereocenters. The van der Waals surface area contributed by atoms with Crippen LogP contribution in [0.2, 0.25) is 0 Å². The molecule has 33 heavy (non-hydrogen) atoms. The molecule has 8 nitrogen and oxygen atoms in total. The van der Waals surface area contributed by atoms with Gasteiger partial charge in [-0.3, -0.25) is 4.79 Å². The number of likely N-dealkylation sites (tertiary alicyclic amines) is 1. The van der Waals surface area contributed by atoms with Crippen LogP contribution < -0.4 is 0 Å². The Kier molecular flexibility index (Phi) is 7.28. The molecule has 0 aliphatic carbocycles. The zero-order valence-electron chi connectivity index (χ0n) is 19.8. The number of piperidine rings is 2. The van der Waals surface area contributed by atoms with Crippen molar-refractivity contribution in [2.45, 2.75) is 50.8 Å². The number of sulfonamides is 1. The highest BCUT2D eigenvalue weighted by Crippen LogP contribution is 2.26. The Morgan fingerprint density at radius 2 is 1.33 bits per heavy atom. The van der Waals surface area contributed by atoms with E-state index in [0.29, 0.717) is 57.0 Å². The zero-order chi connectivity index (χ0) is 23.6. The molecule has 3 aliphatic rings. The van der Waals surface area contributed by atoms with Crippen LogP contribution in [0.3, 0.4) is 0 Å². The summed E-state index contributed by atoms with van der Waals surface area (Å²) in [6, 6.07) is 5.34. The van der Waals surface area contributed by atoms with Crippen LogP contribution in [-0.4, -0.2) is 91.7 Å². The largest absolute Gasteiger partial charge is 0.339 e. The van der Waals surface area contributed by atoms with E-state index in [1.165, 1.54) is 10.7 Å². The number of urea groups is 1. The molecule has 0 N–H and O–H groups in total. The molecule has 3 aliphatic heterocycles. The van der Waals surface area contributed by atoms with Crippen LogP contribution in [0.25, 0.3) is 0 Å². The molecule has 3 fully saturated rings. The maximum absolute atomic E-state index is 13.1. The monoisotopic (exact) mass is 476 g/mol. The summed E-state index contributed by atoms with van der Waals surface area (Å²) in [7, 11) is -3.54. The van der Waals surface area contributed by atoms with Gasteiger partial charge in [0.05, 0.1) is 4.90 Å². The van der Waals surface area contributed by atoms with Crippen LogP contribution in [-0.2, 0) is 14.8 Å². The van der Waals surface area contributed by atoms with Crippen molar-refractivity contribution in [2.24, 2.45) is 5.92 Å². The van der Waals surface area contributed by atoms with Gasteiger partial charge in [0.15, 0.2) is 0 Å². The average Bonchev–Trinajstić information content (AvgIpc) is 2.85. The van der Waals surface area contributed by atoms with Crippen molar-refractivity contribution in [1.29, 1.82) is 0 Å². The Labute approximate surface area is 197 Å². The van der Waals surface area contributed by atoms with Gasteiger partial charge in [-0.2, -0.15) is 4.31 Å². The van der Waals surface area contributed by atoms with Gasteiger partial charge in [0.2, 0.25) is 15.9 Å². The van der Waals surface area contributed by atoms with E-state index in [0.717, 1.165) is 37.1 Å². The highest BCUT2D eigenvalue weighted by Gasteiger charge is 2.35. The second-order valence-electron chi connectivity index (χ2n) is 9.57. The fraction of sp³-hybridized carbons (Fsp3) is 0.667. The van der Waals surface area contributed by atoms with Gasteiger partial charge in [-0.15, -0.1) is 0 Å². The van der Waals surface area contributed by atoms with Gasteiger partial charge in [-0.1, -0.05) is 6.07 Å².